The molecule has 6 nitrogen and oxygen atoms in total. The lowest BCUT2D eigenvalue weighted by molar-refractivity contribution is 0.00693. The van der Waals surface area contributed by atoms with Gasteiger partial charge in [-0.3, -0.25) is 4.79 Å². The summed E-state index contributed by atoms with van der Waals surface area (Å²) in [4.78, 5) is 28.3. The van der Waals surface area contributed by atoms with Crippen molar-refractivity contribution in [3.05, 3.63) is 52.7 Å². The third kappa shape index (κ3) is 4.68. The Kier molecular flexibility index (Phi) is 5.07. The maximum atomic E-state index is 12.1. The predicted molar refractivity (Wildman–Crippen MR) is 88.8 cm³/mol. The van der Waals surface area contributed by atoms with Crippen LogP contribution in [-0.2, 0) is 11.3 Å². The Bertz CT molecular complexity index is 757. The first kappa shape index (κ1) is 17.7. The fourth-order valence-corrected chi connectivity index (χ4v) is 2.15. The maximum Gasteiger partial charge on any atom is 0.338 e. The second-order valence-electron chi connectivity index (χ2n) is 6.53. The van der Waals surface area contributed by atoms with Crippen molar-refractivity contribution in [3.63, 3.8) is 0 Å². The van der Waals surface area contributed by atoms with Gasteiger partial charge in [-0.25, -0.2) is 9.78 Å². The normalized spacial score (nSPS) is 11.2. The van der Waals surface area contributed by atoms with Gasteiger partial charge in [0.05, 0.1) is 11.3 Å². The molecule has 0 bridgehead atoms. The van der Waals surface area contributed by atoms with Gasteiger partial charge in [-0.15, -0.1) is 0 Å². The average Bonchev–Trinajstić information content (AvgIpc) is 2.82. The zero-order valence-electron chi connectivity index (χ0n) is 14.6. The Balaban J connectivity index is 2.03. The molecule has 0 radical (unpaired) electrons. The molecule has 0 spiro atoms. The topological polar surface area (TPSA) is 81.4 Å². The number of nitrogens with zero attached hydrogens (tertiary/aromatic N) is 1. The Morgan fingerprint density at radius 1 is 1.25 bits per heavy atom. The molecular weight excluding hydrogens is 308 g/mol. The lowest BCUT2D eigenvalue weighted by Crippen LogP contribution is -2.25. The van der Waals surface area contributed by atoms with Gasteiger partial charge in [0.25, 0.3) is 5.91 Å². The van der Waals surface area contributed by atoms with Crippen molar-refractivity contribution in [1.82, 2.24) is 10.3 Å². The molecule has 6 heteroatoms. The van der Waals surface area contributed by atoms with E-state index in [2.05, 4.69) is 10.3 Å². The number of hydrogen-bond donors (Lipinski definition) is 1. The molecule has 1 aromatic carbocycles. The number of hydrogen-bond acceptors (Lipinski definition) is 5. The van der Waals surface area contributed by atoms with E-state index in [9.17, 15) is 9.59 Å². The molecular formula is C18H22N2O4. The monoisotopic (exact) mass is 330 g/mol. The molecule has 0 fully saturated rings. The van der Waals surface area contributed by atoms with Gasteiger partial charge in [-0.2, -0.15) is 0 Å². The minimum atomic E-state index is -0.553. The molecule has 0 aliphatic rings. The SMILES string of the molecule is Cc1nc(C)c(C(=O)NCc2cccc(C(=O)OC(C)(C)C)c2)o1. The molecule has 0 aliphatic carbocycles. The summed E-state index contributed by atoms with van der Waals surface area (Å²) in [5.41, 5.74) is 1.24. The molecule has 2 aromatic rings. The first-order valence-electron chi connectivity index (χ1n) is 7.70. The largest absolute Gasteiger partial charge is 0.456 e. The third-order valence-corrected chi connectivity index (χ3v) is 3.12. The number of carbonyl (C=O) groups is 2. The number of benzene rings is 1. The minimum absolute atomic E-state index is 0.204. The standard InChI is InChI=1S/C18H22N2O4/c1-11-15(23-12(2)20-11)16(21)19-10-13-7-6-8-14(9-13)17(22)24-18(3,4)5/h6-9H,10H2,1-5H3,(H,19,21). The summed E-state index contributed by atoms with van der Waals surface area (Å²) < 4.78 is 10.6. The Morgan fingerprint density at radius 3 is 2.54 bits per heavy atom. The summed E-state index contributed by atoms with van der Waals surface area (Å²) in [7, 11) is 0. The summed E-state index contributed by atoms with van der Waals surface area (Å²) in [6.07, 6.45) is 0. The number of aryl methyl sites for hydroxylation is 2. The Labute approximate surface area is 141 Å². The summed E-state index contributed by atoms with van der Waals surface area (Å²) in [5.74, 6) is -0.0754. The number of esters is 1. The number of nitrogens with one attached hydrogen (secondary N) is 1. The van der Waals surface area contributed by atoms with Gasteiger partial charge < -0.3 is 14.5 Å². The van der Waals surface area contributed by atoms with E-state index in [4.69, 9.17) is 9.15 Å². The summed E-state index contributed by atoms with van der Waals surface area (Å²) >= 11 is 0. The summed E-state index contributed by atoms with van der Waals surface area (Å²) in [6.45, 7) is 9.13. The van der Waals surface area contributed by atoms with Crippen LogP contribution in [0.4, 0.5) is 0 Å². The van der Waals surface area contributed by atoms with Crippen LogP contribution >= 0.6 is 0 Å². The zero-order chi connectivity index (χ0) is 17.9. The highest BCUT2D eigenvalue weighted by molar-refractivity contribution is 5.92. The molecule has 1 amide bonds. The number of carbonyl (C=O) groups excluding carboxylic acids is 2. The number of rotatable bonds is 4. The molecule has 0 atom stereocenters. The van der Waals surface area contributed by atoms with Crippen LogP contribution in [0.25, 0.3) is 0 Å². The molecule has 128 valence electrons. The quantitative estimate of drug-likeness (QED) is 0.871. The van der Waals surface area contributed by atoms with E-state index in [1.807, 2.05) is 26.8 Å². The van der Waals surface area contributed by atoms with Crippen LogP contribution in [0.5, 0.6) is 0 Å². The maximum absolute atomic E-state index is 12.1. The number of amides is 1. The number of aromatic nitrogens is 1. The number of ether oxygens (including phenoxy) is 1. The van der Waals surface area contributed by atoms with Crippen LogP contribution in [0.2, 0.25) is 0 Å². The molecule has 1 N–H and O–H groups in total. The first-order chi connectivity index (χ1) is 11.2. The fraction of sp³-hybridized carbons (Fsp3) is 0.389. The van der Waals surface area contributed by atoms with Gasteiger partial charge in [-0.1, -0.05) is 12.1 Å². The molecule has 2 rings (SSSR count). The van der Waals surface area contributed by atoms with E-state index in [-0.39, 0.29) is 18.2 Å². The summed E-state index contributed by atoms with van der Waals surface area (Å²) in [6, 6.07) is 6.97. The second-order valence-corrected chi connectivity index (χ2v) is 6.53. The van der Waals surface area contributed by atoms with Crippen LogP contribution in [0.3, 0.4) is 0 Å². The van der Waals surface area contributed by atoms with Crippen LogP contribution in [0.15, 0.2) is 28.7 Å². The van der Waals surface area contributed by atoms with Crippen LogP contribution < -0.4 is 5.32 Å². The summed E-state index contributed by atoms with van der Waals surface area (Å²) in [5, 5.41) is 2.76. The molecule has 0 unspecified atom stereocenters. The highest BCUT2D eigenvalue weighted by Crippen LogP contribution is 2.14. The van der Waals surface area contributed by atoms with Crippen molar-refractivity contribution < 1.29 is 18.7 Å². The molecule has 1 heterocycles. The van der Waals surface area contributed by atoms with Crippen LogP contribution in [0.1, 0.15) is 58.8 Å². The highest BCUT2D eigenvalue weighted by Gasteiger charge is 2.18. The van der Waals surface area contributed by atoms with E-state index in [1.165, 1.54) is 0 Å². The Hall–Kier alpha value is -2.63. The van der Waals surface area contributed by atoms with Gasteiger partial charge >= 0.3 is 5.97 Å². The van der Waals surface area contributed by atoms with Crippen molar-refractivity contribution >= 4 is 11.9 Å². The van der Waals surface area contributed by atoms with Gasteiger partial charge in [-0.05, 0) is 45.4 Å². The highest BCUT2D eigenvalue weighted by atomic mass is 16.6. The van der Waals surface area contributed by atoms with Gasteiger partial charge in [0.15, 0.2) is 5.89 Å². The molecule has 1 aromatic heterocycles. The van der Waals surface area contributed by atoms with Crippen molar-refractivity contribution in [2.24, 2.45) is 0 Å². The van der Waals surface area contributed by atoms with E-state index < -0.39 is 11.6 Å². The molecule has 0 saturated carbocycles. The third-order valence-electron chi connectivity index (χ3n) is 3.12. The van der Waals surface area contributed by atoms with E-state index in [1.54, 1.807) is 32.0 Å². The Morgan fingerprint density at radius 2 is 1.96 bits per heavy atom. The molecule has 24 heavy (non-hydrogen) atoms. The van der Waals surface area contributed by atoms with Gasteiger partial charge in [0.2, 0.25) is 5.76 Å². The van der Waals surface area contributed by atoms with E-state index >= 15 is 0 Å². The van der Waals surface area contributed by atoms with E-state index in [0.29, 0.717) is 17.1 Å². The van der Waals surface area contributed by atoms with E-state index in [0.717, 1.165) is 5.56 Å². The minimum Gasteiger partial charge on any atom is -0.456 e. The smallest absolute Gasteiger partial charge is 0.338 e. The lowest BCUT2D eigenvalue weighted by atomic mass is 10.1. The zero-order valence-corrected chi connectivity index (χ0v) is 14.6. The van der Waals surface area contributed by atoms with Gasteiger partial charge in [0.1, 0.15) is 5.60 Å². The average molecular weight is 330 g/mol. The van der Waals surface area contributed by atoms with Crippen molar-refractivity contribution in [1.29, 1.82) is 0 Å². The fourth-order valence-electron chi connectivity index (χ4n) is 2.15. The predicted octanol–water partition coefficient (Wildman–Crippen LogP) is 3.18. The molecule has 0 saturated heterocycles. The first-order valence-corrected chi connectivity index (χ1v) is 7.70. The van der Waals surface area contributed by atoms with Crippen molar-refractivity contribution in [2.75, 3.05) is 0 Å². The second kappa shape index (κ2) is 6.86. The van der Waals surface area contributed by atoms with Gasteiger partial charge in [0, 0.05) is 13.5 Å². The van der Waals surface area contributed by atoms with Crippen LogP contribution in [-0.4, -0.2) is 22.5 Å². The van der Waals surface area contributed by atoms with Crippen molar-refractivity contribution in [2.45, 2.75) is 46.8 Å². The molecule has 0 aliphatic heterocycles. The lowest BCUT2D eigenvalue weighted by Gasteiger charge is -2.19. The van der Waals surface area contributed by atoms with Crippen molar-refractivity contribution in [3.8, 4) is 0 Å². The van der Waals surface area contributed by atoms with Crippen LogP contribution in [0, 0.1) is 13.8 Å². The number of oxazole rings is 1.